The quantitative estimate of drug-likeness (QED) is 0.323. The lowest BCUT2D eigenvalue weighted by Gasteiger charge is -2.17. The molecule has 6 heteroatoms. The third-order valence-corrected chi connectivity index (χ3v) is 2.01. The van der Waals surface area contributed by atoms with Gasteiger partial charge < -0.3 is 31.2 Å². The second-order valence-corrected chi connectivity index (χ2v) is 3.57. The molecule has 0 radical (unpaired) electrons. The summed E-state index contributed by atoms with van der Waals surface area (Å²) in [5.41, 5.74) is 10.6. The van der Waals surface area contributed by atoms with Crippen LogP contribution in [0.25, 0.3) is 0 Å². The molecule has 2 atom stereocenters. The lowest BCUT2D eigenvalue weighted by Crippen LogP contribution is -2.34. The van der Waals surface area contributed by atoms with Gasteiger partial charge >= 0.3 is 0 Å². The maximum Gasteiger partial charge on any atom is 0.105 e. The van der Waals surface area contributed by atoms with Crippen LogP contribution in [0, 0.1) is 0 Å². The van der Waals surface area contributed by atoms with Crippen LogP contribution in [0.5, 0.6) is 0 Å². The van der Waals surface area contributed by atoms with Crippen LogP contribution in [0.15, 0.2) is 0 Å². The van der Waals surface area contributed by atoms with Crippen molar-refractivity contribution in [3.05, 3.63) is 0 Å². The molecule has 0 aromatic rings. The Labute approximate surface area is 96.5 Å². The van der Waals surface area contributed by atoms with Crippen LogP contribution in [-0.4, -0.2) is 61.9 Å². The van der Waals surface area contributed by atoms with Crippen LogP contribution < -0.4 is 11.5 Å². The van der Waals surface area contributed by atoms with Gasteiger partial charge in [0.1, 0.15) is 12.2 Å². The van der Waals surface area contributed by atoms with Crippen LogP contribution >= 0.6 is 0 Å². The first-order chi connectivity index (χ1) is 7.72. The largest absolute Gasteiger partial charge is 0.388 e. The fourth-order valence-corrected chi connectivity index (χ4v) is 1.00. The molecule has 0 aromatic carbocycles. The molecule has 6 nitrogen and oxygen atoms in total. The summed E-state index contributed by atoms with van der Waals surface area (Å²) < 4.78 is 10.2. The highest BCUT2D eigenvalue weighted by molar-refractivity contribution is 4.65. The van der Waals surface area contributed by atoms with Crippen LogP contribution in [-0.2, 0) is 9.47 Å². The van der Waals surface area contributed by atoms with E-state index in [1.165, 1.54) is 0 Å². The summed E-state index contributed by atoms with van der Waals surface area (Å²) in [6.07, 6.45) is -0.350. The smallest absolute Gasteiger partial charge is 0.105 e. The number of ether oxygens (including phenoxy) is 2. The van der Waals surface area contributed by atoms with Crippen LogP contribution in [0.1, 0.15) is 12.8 Å². The van der Waals surface area contributed by atoms with Gasteiger partial charge in [-0.25, -0.2) is 0 Å². The van der Waals surface area contributed by atoms with Crippen molar-refractivity contribution >= 4 is 0 Å². The number of aliphatic hydroxyl groups is 2. The summed E-state index contributed by atoms with van der Waals surface area (Å²) in [4.78, 5) is 0. The molecular weight excluding hydrogens is 212 g/mol. The Balaban J connectivity index is 3.38. The zero-order chi connectivity index (χ0) is 12.2. The Bertz CT molecular complexity index is 133. The van der Waals surface area contributed by atoms with Crippen LogP contribution in [0.2, 0.25) is 0 Å². The van der Waals surface area contributed by atoms with Crippen molar-refractivity contribution in [3.8, 4) is 0 Å². The van der Waals surface area contributed by atoms with Crippen molar-refractivity contribution in [1.29, 1.82) is 0 Å². The van der Waals surface area contributed by atoms with Gasteiger partial charge in [0, 0.05) is 13.2 Å². The number of rotatable bonds is 11. The first kappa shape index (κ1) is 15.8. The monoisotopic (exact) mass is 236 g/mol. The molecule has 0 rings (SSSR count). The van der Waals surface area contributed by atoms with Gasteiger partial charge in [-0.1, -0.05) is 0 Å². The van der Waals surface area contributed by atoms with Crippen molar-refractivity contribution in [2.24, 2.45) is 11.5 Å². The fraction of sp³-hybridized carbons (Fsp3) is 1.00. The minimum Gasteiger partial charge on any atom is -0.388 e. The molecule has 0 aliphatic carbocycles. The third-order valence-electron chi connectivity index (χ3n) is 2.01. The standard InChI is InChI=1S/C10H24N2O4/c11-3-1-5-15-7-9(13)10(14)8-16-6-2-4-12/h9-10,13-14H,1-8,11-12H2. The van der Waals surface area contributed by atoms with Gasteiger partial charge in [-0.3, -0.25) is 0 Å². The maximum atomic E-state index is 9.46. The van der Waals surface area contributed by atoms with Gasteiger partial charge in [0.2, 0.25) is 0 Å². The second kappa shape index (κ2) is 11.3. The molecule has 98 valence electrons. The minimum absolute atomic E-state index is 0.0986. The second-order valence-electron chi connectivity index (χ2n) is 3.57. The Hall–Kier alpha value is -0.240. The van der Waals surface area contributed by atoms with E-state index in [1.54, 1.807) is 0 Å². The Morgan fingerprint density at radius 2 is 1.19 bits per heavy atom. The fourth-order valence-electron chi connectivity index (χ4n) is 1.00. The Morgan fingerprint density at radius 3 is 1.50 bits per heavy atom. The molecule has 0 spiro atoms. The van der Waals surface area contributed by atoms with Crippen LogP contribution in [0.4, 0.5) is 0 Å². The van der Waals surface area contributed by atoms with E-state index in [9.17, 15) is 10.2 Å². The van der Waals surface area contributed by atoms with E-state index in [0.717, 1.165) is 12.8 Å². The molecule has 0 bridgehead atoms. The molecular formula is C10H24N2O4. The molecule has 6 N–H and O–H groups in total. The van der Waals surface area contributed by atoms with Crippen molar-refractivity contribution in [1.82, 2.24) is 0 Å². The molecule has 0 saturated carbocycles. The van der Waals surface area contributed by atoms with E-state index in [-0.39, 0.29) is 13.2 Å². The molecule has 0 amide bonds. The summed E-state index contributed by atoms with van der Waals surface area (Å²) in [5.74, 6) is 0. The average Bonchev–Trinajstić information content (AvgIpc) is 2.29. The molecule has 0 fully saturated rings. The molecule has 2 unspecified atom stereocenters. The van der Waals surface area contributed by atoms with E-state index >= 15 is 0 Å². The van der Waals surface area contributed by atoms with Gasteiger partial charge in [-0.05, 0) is 25.9 Å². The first-order valence-corrected chi connectivity index (χ1v) is 5.64. The van der Waals surface area contributed by atoms with E-state index in [4.69, 9.17) is 20.9 Å². The maximum absolute atomic E-state index is 9.46. The van der Waals surface area contributed by atoms with Crippen molar-refractivity contribution in [3.63, 3.8) is 0 Å². The normalized spacial score (nSPS) is 15.0. The predicted octanol–water partition coefficient (Wildman–Crippen LogP) is -1.56. The van der Waals surface area contributed by atoms with Crippen LogP contribution in [0.3, 0.4) is 0 Å². The zero-order valence-corrected chi connectivity index (χ0v) is 9.68. The first-order valence-electron chi connectivity index (χ1n) is 5.64. The summed E-state index contributed by atoms with van der Waals surface area (Å²) >= 11 is 0. The summed E-state index contributed by atoms with van der Waals surface area (Å²) in [6, 6.07) is 0. The van der Waals surface area contributed by atoms with Crippen molar-refractivity contribution in [2.45, 2.75) is 25.0 Å². The molecule has 16 heavy (non-hydrogen) atoms. The van der Waals surface area contributed by atoms with E-state index in [0.29, 0.717) is 26.3 Å². The average molecular weight is 236 g/mol. The number of hydrogen-bond acceptors (Lipinski definition) is 6. The zero-order valence-electron chi connectivity index (χ0n) is 9.68. The van der Waals surface area contributed by atoms with E-state index in [1.807, 2.05) is 0 Å². The van der Waals surface area contributed by atoms with E-state index < -0.39 is 12.2 Å². The van der Waals surface area contributed by atoms with E-state index in [2.05, 4.69) is 0 Å². The van der Waals surface area contributed by atoms with Gasteiger partial charge in [0.05, 0.1) is 13.2 Å². The number of hydrogen-bond donors (Lipinski definition) is 4. The molecule has 0 saturated heterocycles. The highest BCUT2D eigenvalue weighted by atomic mass is 16.5. The number of aliphatic hydroxyl groups excluding tert-OH is 2. The third kappa shape index (κ3) is 9.02. The van der Waals surface area contributed by atoms with Gasteiger partial charge in [-0.15, -0.1) is 0 Å². The number of nitrogens with two attached hydrogens (primary N) is 2. The summed E-state index contributed by atoms with van der Waals surface area (Å²) in [5, 5.41) is 18.9. The highest BCUT2D eigenvalue weighted by Gasteiger charge is 2.16. The summed E-state index contributed by atoms with van der Waals surface area (Å²) in [7, 11) is 0. The molecule has 0 aliphatic heterocycles. The Kier molecular flexibility index (Phi) is 11.1. The highest BCUT2D eigenvalue weighted by Crippen LogP contribution is 1.97. The lowest BCUT2D eigenvalue weighted by molar-refractivity contribution is -0.0705. The molecule has 0 aliphatic rings. The molecule has 0 aromatic heterocycles. The topological polar surface area (TPSA) is 111 Å². The van der Waals surface area contributed by atoms with Crippen molar-refractivity contribution in [2.75, 3.05) is 39.5 Å². The van der Waals surface area contributed by atoms with Gasteiger partial charge in [0.15, 0.2) is 0 Å². The van der Waals surface area contributed by atoms with Gasteiger partial charge in [-0.2, -0.15) is 0 Å². The van der Waals surface area contributed by atoms with Gasteiger partial charge in [0.25, 0.3) is 0 Å². The SMILES string of the molecule is NCCCOCC(O)C(O)COCCCN. The van der Waals surface area contributed by atoms with Crippen molar-refractivity contribution < 1.29 is 19.7 Å². The lowest BCUT2D eigenvalue weighted by atomic mass is 10.2. The Morgan fingerprint density at radius 1 is 0.812 bits per heavy atom. The summed E-state index contributed by atoms with van der Waals surface area (Å²) in [6.45, 7) is 2.30. The predicted molar refractivity (Wildman–Crippen MR) is 61.0 cm³/mol. The minimum atomic E-state index is -0.921. The molecule has 0 heterocycles.